The number of carbonyl (C=O) groups excluding carboxylic acids is 1. The molecule has 0 radical (unpaired) electrons. The maximum absolute atomic E-state index is 11.4. The van der Waals surface area contributed by atoms with Crippen molar-refractivity contribution in [2.24, 2.45) is 5.84 Å². The lowest BCUT2D eigenvalue weighted by atomic mass is 10.4. The average molecular weight is 245 g/mol. The van der Waals surface area contributed by atoms with Crippen molar-refractivity contribution in [3.63, 3.8) is 0 Å². The Morgan fingerprint density at radius 1 is 1.75 bits per heavy atom. The van der Waals surface area contributed by atoms with Crippen molar-refractivity contribution in [2.45, 2.75) is 19.9 Å². The van der Waals surface area contributed by atoms with Crippen molar-refractivity contribution >= 4 is 27.5 Å². The molecule has 0 saturated carbocycles. The summed E-state index contributed by atoms with van der Waals surface area (Å²) >= 11 is 0.734. The molecule has 1 rings (SSSR count). The summed E-state index contributed by atoms with van der Waals surface area (Å²) in [5, 5.41) is 13.6. The second kappa shape index (κ2) is 4.86. The number of nitrogens with two attached hydrogens (primary N) is 1. The fraction of sp³-hybridized carbons (Fsp3) is 0.429. The van der Waals surface area contributed by atoms with Crippen LogP contribution in [0, 0.1) is 10.1 Å². The summed E-state index contributed by atoms with van der Waals surface area (Å²) in [6.45, 7) is 3.55. The van der Waals surface area contributed by atoms with Crippen molar-refractivity contribution in [1.82, 2.24) is 10.3 Å². The number of anilines is 1. The highest BCUT2D eigenvalue weighted by molar-refractivity contribution is 7.18. The molecule has 0 aliphatic carbocycles. The number of nitrogens with one attached hydrogen (secondary N) is 1. The normalized spacial score (nSPS) is 10.2. The molecule has 0 bridgehead atoms. The van der Waals surface area contributed by atoms with Crippen molar-refractivity contribution in [2.75, 3.05) is 5.01 Å². The predicted octanol–water partition coefficient (Wildman–Crippen LogP) is 0.849. The van der Waals surface area contributed by atoms with Gasteiger partial charge in [-0.3, -0.25) is 10.1 Å². The number of nitrogens with zero attached hydrogens (tertiary/aromatic N) is 3. The van der Waals surface area contributed by atoms with Crippen LogP contribution < -0.4 is 16.2 Å². The van der Waals surface area contributed by atoms with E-state index in [0.717, 1.165) is 22.5 Å². The number of thiazole rings is 1. The van der Waals surface area contributed by atoms with E-state index in [-0.39, 0.29) is 16.2 Å². The maximum Gasteiger partial charge on any atom is 0.345 e. The number of hydrogen-bond acceptors (Lipinski definition) is 6. The van der Waals surface area contributed by atoms with E-state index in [4.69, 9.17) is 5.84 Å². The van der Waals surface area contributed by atoms with Crippen LogP contribution in [0.2, 0.25) is 0 Å². The van der Waals surface area contributed by atoms with E-state index < -0.39 is 11.0 Å². The molecule has 0 aliphatic rings. The number of amides is 2. The second-order valence-electron chi connectivity index (χ2n) is 3.21. The molecule has 0 unspecified atom stereocenters. The first kappa shape index (κ1) is 12.3. The Morgan fingerprint density at radius 3 is 2.81 bits per heavy atom. The Hall–Kier alpha value is -1.74. The van der Waals surface area contributed by atoms with E-state index in [0.29, 0.717) is 0 Å². The van der Waals surface area contributed by atoms with E-state index >= 15 is 0 Å². The van der Waals surface area contributed by atoms with Gasteiger partial charge in [-0.05, 0) is 25.2 Å². The molecule has 1 aromatic heterocycles. The first-order chi connectivity index (χ1) is 7.41. The molecule has 2 amide bonds. The molecule has 0 aliphatic heterocycles. The number of urea groups is 1. The summed E-state index contributed by atoms with van der Waals surface area (Å²) in [6, 6.07) is -0.632. The van der Waals surface area contributed by atoms with Gasteiger partial charge in [0.15, 0.2) is 0 Å². The van der Waals surface area contributed by atoms with Crippen LogP contribution in [0.3, 0.4) is 0 Å². The smallest absolute Gasteiger partial charge is 0.334 e. The first-order valence-corrected chi connectivity index (χ1v) is 5.19. The van der Waals surface area contributed by atoms with Gasteiger partial charge in [0, 0.05) is 6.04 Å². The quantitative estimate of drug-likeness (QED) is 0.354. The van der Waals surface area contributed by atoms with Gasteiger partial charge in [-0.15, -0.1) is 0 Å². The summed E-state index contributed by atoms with van der Waals surface area (Å²) in [5.41, 5.74) is 0. The standard InChI is InChI=1S/C7H11N5O3S/c1-4(2)10-6(13)11(8)7-9-3-5(16-7)12(14)15/h3-4H,8H2,1-2H3,(H,10,13). The molecule has 8 nitrogen and oxygen atoms in total. The average Bonchev–Trinajstić information content (AvgIpc) is 2.64. The fourth-order valence-corrected chi connectivity index (χ4v) is 1.51. The molecule has 1 aromatic rings. The molecule has 0 atom stereocenters. The zero-order chi connectivity index (χ0) is 12.3. The number of carbonyl (C=O) groups is 1. The molecule has 0 saturated heterocycles. The zero-order valence-electron chi connectivity index (χ0n) is 8.71. The van der Waals surface area contributed by atoms with Gasteiger partial charge in [-0.25, -0.2) is 20.6 Å². The van der Waals surface area contributed by atoms with Crippen LogP contribution in [0.25, 0.3) is 0 Å². The minimum atomic E-state index is -0.588. The van der Waals surface area contributed by atoms with E-state index in [2.05, 4.69) is 10.3 Å². The summed E-state index contributed by atoms with van der Waals surface area (Å²) in [6.07, 6.45) is 1.06. The molecular formula is C7H11N5O3S. The maximum atomic E-state index is 11.4. The molecule has 0 aromatic carbocycles. The van der Waals surface area contributed by atoms with Gasteiger partial charge >= 0.3 is 11.0 Å². The van der Waals surface area contributed by atoms with Gasteiger partial charge in [0.1, 0.15) is 6.20 Å². The lowest BCUT2D eigenvalue weighted by Gasteiger charge is -2.15. The Bertz CT molecular complexity index is 404. The Labute approximate surface area is 95.2 Å². The highest BCUT2D eigenvalue weighted by atomic mass is 32.1. The molecule has 3 N–H and O–H groups in total. The summed E-state index contributed by atoms with van der Waals surface area (Å²) < 4.78 is 0. The first-order valence-electron chi connectivity index (χ1n) is 4.37. The minimum Gasteiger partial charge on any atom is -0.334 e. The minimum absolute atomic E-state index is 0.0739. The van der Waals surface area contributed by atoms with E-state index in [9.17, 15) is 14.9 Å². The van der Waals surface area contributed by atoms with E-state index in [1.807, 2.05) is 0 Å². The summed E-state index contributed by atoms with van der Waals surface area (Å²) in [5.74, 6) is 5.45. The number of hydrogen-bond donors (Lipinski definition) is 2. The van der Waals surface area contributed by atoms with Crippen LogP contribution in [0.4, 0.5) is 14.9 Å². The van der Waals surface area contributed by atoms with Gasteiger partial charge in [0.25, 0.3) is 0 Å². The Balaban J connectivity index is 2.76. The van der Waals surface area contributed by atoms with Gasteiger partial charge in [-0.1, -0.05) is 0 Å². The fourth-order valence-electron chi connectivity index (χ4n) is 0.856. The number of aromatic nitrogens is 1. The number of rotatable bonds is 3. The van der Waals surface area contributed by atoms with Gasteiger partial charge < -0.3 is 5.32 Å². The molecule has 16 heavy (non-hydrogen) atoms. The third-order valence-corrected chi connectivity index (χ3v) is 2.45. The zero-order valence-corrected chi connectivity index (χ0v) is 9.52. The van der Waals surface area contributed by atoms with Crippen LogP contribution in [-0.2, 0) is 0 Å². The molecule has 1 heterocycles. The lowest BCUT2D eigenvalue weighted by Crippen LogP contribution is -2.47. The monoisotopic (exact) mass is 245 g/mol. The summed E-state index contributed by atoms with van der Waals surface area (Å²) in [7, 11) is 0. The van der Waals surface area contributed by atoms with Crippen molar-refractivity contribution < 1.29 is 9.72 Å². The van der Waals surface area contributed by atoms with Crippen molar-refractivity contribution in [3.8, 4) is 0 Å². The molecule has 9 heteroatoms. The third kappa shape index (κ3) is 2.87. The van der Waals surface area contributed by atoms with Crippen LogP contribution >= 0.6 is 11.3 Å². The number of hydrazine groups is 1. The second-order valence-corrected chi connectivity index (χ2v) is 4.20. The van der Waals surface area contributed by atoms with Crippen molar-refractivity contribution in [3.05, 3.63) is 16.3 Å². The molecule has 0 fully saturated rings. The van der Waals surface area contributed by atoms with Crippen LogP contribution in [0.5, 0.6) is 0 Å². The SMILES string of the molecule is CC(C)NC(=O)N(N)c1ncc([N+](=O)[O-])s1. The highest BCUT2D eigenvalue weighted by Crippen LogP contribution is 2.26. The predicted molar refractivity (Wildman–Crippen MR) is 59.1 cm³/mol. The van der Waals surface area contributed by atoms with E-state index in [1.54, 1.807) is 13.8 Å². The molecular weight excluding hydrogens is 234 g/mol. The van der Waals surface area contributed by atoms with Gasteiger partial charge in [0.05, 0.1) is 4.92 Å². The lowest BCUT2D eigenvalue weighted by molar-refractivity contribution is -0.380. The van der Waals surface area contributed by atoms with E-state index in [1.165, 1.54) is 0 Å². The Morgan fingerprint density at radius 2 is 2.38 bits per heavy atom. The Kier molecular flexibility index (Phi) is 3.74. The topological polar surface area (TPSA) is 114 Å². The van der Waals surface area contributed by atoms with Crippen LogP contribution in [0.1, 0.15) is 13.8 Å². The van der Waals surface area contributed by atoms with Crippen LogP contribution in [0.15, 0.2) is 6.20 Å². The third-order valence-electron chi connectivity index (χ3n) is 1.50. The van der Waals surface area contributed by atoms with Crippen LogP contribution in [-0.4, -0.2) is 22.0 Å². The van der Waals surface area contributed by atoms with Gasteiger partial charge in [0.2, 0.25) is 5.13 Å². The highest BCUT2D eigenvalue weighted by Gasteiger charge is 2.19. The summed E-state index contributed by atoms with van der Waals surface area (Å²) in [4.78, 5) is 24.9. The largest absolute Gasteiger partial charge is 0.345 e. The molecule has 0 spiro atoms. The van der Waals surface area contributed by atoms with Crippen molar-refractivity contribution in [1.29, 1.82) is 0 Å². The number of nitro groups is 1. The van der Waals surface area contributed by atoms with Gasteiger partial charge in [-0.2, -0.15) is 0 Å². The molecule has 88 valence electrons.